The van der Waals surface area contributed by atoms with Gasteiger partial charge in [-0.15, -0.1) is 0 Å². The topological polar surface area (TPSA) is 97.1 Å². The Morgan fingerprint density at radius 1 is 1.31 bits per heavy atom. The second-order valence-electron chi connectivity index (χ2n) is 7.21. The van der Waals surface area contributed by atoms with Crippen LogP contribution in [0.25, 0.3) is 0 Å². The van der Waals surface area contributed by atoms with Gasteiger partial charge in [-0.2, -0.15) is 13.2 Å². The lowest BCUT2D eigenvalue weighted by atomic mass is 9.97. The van der Waals surface area contributed by atoms with Crippen LogP contribution in [-0.2, 0) is 11.0 Å². The molecule has 0 saturated heterocycles. The Morgan fingerprint density at radius 3 is 2.52 bits per heavy atom. The monoisotopic (exact) mass is 410 g/mol. The molecule has 1 aliphatic carbocycles. The van der Waals surface area contributed by atoms with Crippen molar-refractivity contribution in [1.82, 2.24) is 14.5 Å². The highest BCUT2D eigenvalue weighted by Gasteiger charge is 2.36. The van der Waals surface area contributed by atoms with Crippen molar-refractivity contribution in [3.63, 3.8) is 0 Å². The van der Waals surface area contributed by atoms with Crippen LogP contribution in [0.5, 0.6) is 0 Å². The van der Waals surface area contributed by atoms with E-state index in [4.69, 9.17) is 5.11 Å². The Labute approximate surface area is 165 Å². The van der Waals surface area contributed by atoms with Gasteiger partial charge in [-0.05, 0) is 31.4 Å². The molecule has 0 bridgehead atoms. The van der Waals surface area contributed by atoms with Gasteiger partial charge in [0.15, 0.2) is 5.69 Å². The molecular weight excluding hydrogens is 389 g/mol. The van der Waals surface area contributed by atoms with Gasteiger partial charge in [0.25, 0.3) is 0 Å². The van der Waals surface area contributed by atoms with Crippen molar-refractivity contribution in [2.75, 3.05) is 5.32 Å². The highest BCUT2D eigenvalue weighted by Crippen LogP contribution is 2.35. The molecule has 1 fully saturated rings. The van der Waals surface area contributed by atoms with Crippen molar-refractivity contribution in [2.45, 2.75) is 51.2 Å². The average Bonchev–Trinajstić information content (AvgIpc) is 3.29. The van der Waals surface area contributed by atoms with Crippen molar-refractivity contribution in [1.29, 1.82) is 0 Å². The molecule has 0 aliphatic heterocycles. The van der Waals surface area contributed by atoms with Crippen molar-refractivity contribution in [3.05, 3.63) is 41.6 Å². The number of pyridine rings is 1. The number of halogens is 3. The third-order valence-electron chi connectivity index (χ3n) is 5.14. The Kier molecular flexibility index (Phi) is 5.90. The van der Waals surface area contributed by atoms with E-state index >= 15 is 0 Å². The molecule has 2 heterocycles. The van der Waals surface area contributed by atoms with Crippen molar-refractivity contribution < 1.29 is 27.9 Å². The number of aryl methyl sites for hydroxylation is 1. The quantitative estimate of drug-likeness (QED) is 0.748. The van der Waals surface area contributed by atoms with Gasteiger partial charge in [0.05, 0.1) is 5.56 Å². The number of carbonyl (C=O) groups excluding carboxylic acids is 1. The number of alkyl halides is 3. The summed E-state index contributed by atoms with van der Waals surface area (Å²) in [7, 11) is 0. The van der Waals surface area contributed by atoms with E-state index in [1.165, 1.54) is 23.6 Å². The highest BCUT2D eigenvalue weighted by molar-refractivity contribution is 5.93. The van der Waals surface area contributed by atoms with Crippen LogP contribution in [0, 0.1) is 12.8 Å². The number of carboxylic acid groups (broad SMARTS) is 1. The first-order valence-electron chi connectivity index (χ1n) is 9.28. The van der Waals surface area contributed by atoms with Crippen LogP contribution in [0.3, 0.4) is 0 Å². The number of aromatic nitrogens is 3. The third kappa shape index (κ3) is 4.93. The molecule has 0 aromatic carbocycles. The molecule has 0 radical (unpaired) electrons. The fourth-order valence-corrected chi connectivity index (χ4v) is 3.65. The predicted octanol–water partition coefficient (Wildman–Crippen LogP) is 4.06. The molecule has 2 aromatic heterocycles. The highest BCUT2D eigenvalue weighted by atomic mass is 19.4. The molecule has 2 aromatic rings. The smallest absolute Gasteiger partial charge is 0.434 e. The summed E-state index contributed by atoms with van der Waals surface area (Å²) in [6.07, 6.45) is 1.70. The summed E-state index contributed by atoms with van der Waals surface area (Å²) in [6, 6.07) is 1.76. The van der Waals surface area contributed by atoms with Gasteiger partial charge in [0, 0.05) is 12.4 Å². The minimum atomic E-state index is -4.60. The summed E-state index contributed by atoms with van der Waals surface area (Å²) in [5, 5.41) is 11.5. The third-order valence-corrected chi connectivity index (χ3v) is 5.14. The van der Waals surface area contributed by atoms with E-state index < -0.39 is 29.8 Å². The summed E-state index contributed by atoms with van der Waals surface area (Å²) < 4.78 is 40.5. The maximum atomic E-state index is 13.1. The van der Waals surface area contributed by atoms with Gasteiger partial charge < -0.3 is 15.0 Å². The number of anilines is 1. The largest absolute Gasteiger partial charge is 0.478 e. The Morgan fingerprint density at radius 2 is 2.00 bits per heavy atom. The summed E-state index contributed by atoms with van der Waals surface area (Å²) in [5.41, 5.74) is -1.08. The minimum Gasteiger partial charge on any atom is -0.478 e. The molecule has 10 heteroatoms. The van der Waals surface area contributed by atoms with E-state index in [0.717, 1.165) is 38.1 Å². The number of nitrogens with zero attached hydrogens (tertiary/aromatic N) is 3. The standard InChI is InChI=1S/C19H21F3N4O3/c1-11-24-15(19(20,21)22)10-26(11)14(8-12-4-2-3-5-12)17(27)25-16-7-6-13(9-23-16)18(28)29/h6-7,9-10,12,14H,2-5,8H2,1H3,(H,28,29)(H,23,25,27)/t14-/m0/s1. The molecule has 156 valence electrons. The maximum Gasteiger partial charge on any atom is 0.434 e. The second kappa shape index (κ2) is 8.22. The maximum absolute atomic E-state index is 13.1. The van der Waals surface area contributed by atoms with Crippen LogP contribution in [0.1, 0.15) is 60.0 Å². The van der Waals surface area contributed by atoms with E-state index in [1.807, 2.05) is 0 Å². The number of imidazole rings is 1. The van der Waals surface area contributed by atoms with E-state index in [0.29, 0.717) is 6.42 Å². The molecule has 7 nitrogen and oxygen atoms in total. The van der Waals surface area contributed by atoms with Crippen LogP contribution in [0.15, 0.2) is 24.5 Å². The first kappa shape index (κ1) is 20.8. The zero-order chi connectivity index (χ0) is 21.2. The molecule has 1 atom stereocenters. The molecule has 29 heavy (non-hydrogen) atoms. The lowest BCUT2D eigenvalue weighted by Gasteiger charge is -2.22. The summed E-state index contributed by atoms with van der Waals surface area (Å²) in [6.45, 7) is 1.43. The summed E-state index contributed by atoms with van der Waals surface area (Å²) in [4.78, 5) is 31.3. The van der Waals surface area contributed by atoms with Gasteiger partial charge in [-0.25, -0.2) is 14.8 Å². The first-order valence-corrected chi connectivity index (χ1v) is 9.28. The number of amides is 1. The number of rotatable bonds is 6. The number of nitrogens with one attached hydrogen (secondary N) is 1. The van der Waals surface area contributed by atoms with Crippen LogP contribution >= 0.6 is 0 Å². The van der Waals surface area contributed by atoms with Gasteiger partial charge >= 0.3 is 12.1 Å². The SMILES string of the molecule is Cc1nc(C(F)(F)F)cn1[C@@H](CC1CCCC1)C(=O)Nc1ccc(C(=O)O)cn1. The Bertz CT molecular complexity index is 887. The minimum absolute atomic E-state index is 0.0363. The Hall–Kier alpha value is -2.91. The number of hydrogen-bond donors (Lipinski definition) is 2. The van der Waals surface area contributed by atoms with Crippen LogP contribution in [0.2, 0.25) is 0 Å². The normalized spacial score (nSPS) is 16.0. The van der Waals surface area contributed by atoms with Gasteiger partial charge in [-0.3, -0.25) is 4.79 Å². The van der Waals surface area contributed by atoms with E-state index in [-0.39, 0.29) is 23.1 Å². The molecule has 3 rings (SSSR count). The first-order chi connectivity index (χ1) is 13.6. The van der Waals surface area contributed by atoms with Gasteiger partial charge in [-0.1, -0.05) is 25.7 Å². The number of aromatic carboxylic acids is 1. The average molecular weight is 410 g/mol. The fourth-order valence-electron chi connectivity index (χ4n) is 3.65. The molecule has 0 unspecified atom stereocenters. The number of hydrogen-bond acceptors (Lipinski definition) is 4. The van der Waals surface area contributed by atoms with Crippen LogP contribution < -0.4 is 5.32 Å². The van der Waals surface area contributed by atoms with Gasteiger partial charge in [0.2, 0.25) is 5.91 Å². The van der Waals surface area contributed by atoms with E-state index in [9.17, 15) is 22.8 Å². The summed E-state index contributed by atoms with van der Waals surface area (Å²) in [5.74, 6) is -1.19. The zero-order valence-electron chi connectivity index (χ0n) is 15.7. The predicted molar refractivity (Wildman–Crippen MR) is 97.4 cm³/mol. The van der Waals surface area contributed by atoms with Crippen molar-refractivity contribution in [3.8, 4) is 0 Å². The van der Waals surface area contributed by atoms with Crippen LogP contribution in [-0.4, -0.2) is 31.5 Å². The molecule has 1 saturated carbocycles. The lowest BCUT2D eigenvalue weighted by molar-refractivity contribution is -0.141. The second-order valence-corrected chi connectivity index (χ2v) is 7.21. The fraction of sp³-hybridized carbons (Fsp3) is 0.474. The molecule has 2 N–H and O–H groups in total. The molecule has 1 aliphatic rings. The Balaban J connectivity index is 1.85. The molecule has 1 amide bonds. The van der Waals surface area contributed by atoms with Gasteiger partial charge in [0.1, 0.15) is 17.7 Å². The lowest BCUT2D eigenvalue weighted by Crippen LogP contribution is -2.28. The van der Waals surface area contributed by atoms with E-state index in [1.54, 1.807) is 0 Å². The molecular formula is C19H21F3N4O3. The number of carbonyl (C=O) groups is 2. The number of carboxylic acids is 1. The summed E-state index contributed by atoms with van der Waals surface area (Å²) >= 11 is 0. The molecule has 0 spiro atoms. The zero-order valence-corrected chi connectivity index (χ0v) is 15.7. The van der Waals surface area contributed by atoms with E-state index in [2.05, 4.69) is 15.3 Å². The van der Waals surface area contributed by atoms with Crippen molar-refractivity contribution in [2.24, 2.45) is 5.92 Å². The van der Waals surface area contributed by atoms with Crippen LogP contribution in [0.4, 0.5) is 19.0 Å². The van der Waals surface area contributed by atoms with Crippen molar-refractivity contribution >= 4 is 17.7 Å².